The smallest absolute Gasteiger partial charge is 0.227 e. The van der Waals surface area contributed by atoms with Crippen LogP contribution >= 0.6 is 0 Å². The lowest BCUT2D eigenvalue weighted by atomic mass is 10.2. The molecule has 1 aromatic heterocycles. The molecule has 3 aromatic rings. The molecule has 0 radical (unpaired) electrons. The quantitative estimate of drug-likeness (QED) is 0.647. The summed E-state index contributed by atoms with van der Waals surface area (Å²) in [7, 11) is 1.86. The van der Waals surface area contributed by atoms with Crippen molar-refractivity contribution >= 4 is 16.8 Å². The molecule has 3 N–H and O–H groups in total. The number of nitrogens with one attached hydrogen (secondary N) is 1. The Morgan fingerprint density at radius 2 is 2.00 bits per heavy atom. The fraction of sp³-hybridized carbons (Fsp3) is 0.235. The van der Waals surface area contributed by atoms with Crippen molar-refractivity contribution in [3.05, 3.63) is 42.5 Å². The van der Waals surface area contributed by atoms with Crippen molar-refractivity contribution in [2.45, 2.75) is 6.10 Å². The second-order valence-electron chi connectivity index (χ2n) is 5.12. The van der Waals surface area contributed by atoms with Crippen LogP contribution in [-0.4, -0.2) is 41.6 Å². The largest absolute Gasteiger partial charge is 0.491 e. The second-order valence-corrected chi connectivity index (χ2v) is 5.12. The zero-order valence-corrected chi connectivity index (χ0v) is 12.7. The van der Waals surface area contributed by atoms with Crippen molar-refractivity contribution in [2.24, 2.45) is 0 Å². The third-order valence-electron chi connectivity index (χ3n) is 3.43. The van der Waals surface area contributed by atoms with Gasteiger partial charge in [0.05, 0.1) is 6.61 Å². The highest BCUT2D eigenvalue weighted by molar-refractivity contribution is 5.78. The van der Waals surface area contributed by atoms with E-state index >= 15 is 0 Å². The van der Waals surface area contributed by atoms with Gasteiger partial charge in [0.2, 0.25) is 5.89 Å². The van der Waals surface area contributed by atoms with E-state index in [9.17, 15) is 5.11 Å². The maximum absolute atomic E-state index is 9.31. The molecule has 0 amide bonds. The van der Waals surface area contributed by atoms with Crippen LogP contribution in [0.15, 0.2) is 46.9 Å². The third kappa shape index (κ3) is 3.44. The predicted octanol–water partition coefficient (Wildman–Crippen LogP) is 2.27. The highest BCUT2D eigenvalue weighted by atomic mass is 16.5. The van der Waals surface area contributed by atoms with Crippen LogP contribution in [0.5, 0.6) is 5.75 Å². The monoisotopic (exact) mass is 314 g/mol. The van der Waals surface area contributed by atoms with E-state index in [0.717, 1.165) is 11.3 Å². The van der Waals surface area contributed by atoms with Crippen LogP contribution in [0.2, 0.25) is 0 Å². The van der Waals surface area contributed by atoms with Gasteiger partial charge in [-0.15, -0.1) is 0 Å². The van der Waals surface area contributed by atoms with Crippen LogP contribution in [0.1, 0.15) is 0 Å². The molecule has 0 aliphatic carbocycles. The first-order valence-electron chi connectivity index (χ1n) is 7.30. The van der Waals surface area contributed by atoms with Crippen molar-refractivity contribution < 1.29 is 19.4 Å². The Hall–Kier alpha value is -2.57. The van der Waals surface area contributed by atoms with E-state index in [1.165, 1.54) is 0 Å². The number of ether oxygens (including phenoxy) is 1. The van der Waals surface area contributed by atoms with Gasteiger partial charge in [0.25, 0.3) is 0 Å². The summed E-state index contributed by atoms with van der Waals surface area (Å²) < 4.78 is 11.2. The average molecular weight is 314 g/mol. The van der Waals surface area contributed by atoms with Crippen molar-refractivity contribution in [1.29, 1.82) is 0 Å². The average Bonchev–Trinajstić information content (AvgIpc) is 3.03. The number of fused-ring (bicyclic) bond motifs is 1. The molecule has 2 aromatic carbocycles. The molecule has 23 heavy (non-hydrogen) atoms. The van der Waals surface area contributed by atoms with E-state index in [1.54, 1.807) is 18.2 Å². The van der Waals surface area contributed by atoms with Gasteiger partial charge >= 0.3 is 0 Å². The number of aliphatic hydroxyl groups is 2. The van der Waals surface area contributed by atoms with Gasteiger partial charge in [0.1, 0.15) is 24.0 Å². The first-order valence-corrected chi connectivity index (χ1v) is 7.30. The van der Waals surface area contributed by atoms with Crippen LogP contribution in [0.3, 0.4) is 0 Å². The number of aliphatic hydroxyl groups excluding tert-OH is 2. The normalized spacial score (nSPS) is 12.3. The lowest BCUT2D eigenvalue weighted by Crippen LogP contribution is -2.21. The van der Waals surface area contributed by atoms with Gasteiger partial charge in [-0.3, -0.25) is 0 Å². The Morgan fingerprint density at radius 1 is 1.22 bits per heavy atom. The van der Waals surface area contributed by atoms with Crippen molar-refractivity contribution in [1.82, 2.24) is 4.98 Å². The lowest BCUT2D eigenvalue weighted by molar-refractivity contribution is 0.0536. The topological polar surface area (TPSA) is 87.8 Å². The van der Waals surface area contributed by atoms with Crippen molar-refractivity contribution in [3.8, 4) is 17.2 Å². The molecule has 1 atom stereocenters. The van der Waals surface area contributed by atoms with Gasteiger partial charge in [0.15, 0.2) is 5.58 Å². The number of aromatic nitrogens is 1. The van der Waals surface area contributed by atoms with Crippen molar-refractivity contribution in [3.63, 3.8) is 0 Å². The van der Waals surface area contributed by atoms with Gasteiger partial charge in [-0.05, 0) is 36.4 Å². The second kappa shape index (κ2) is 6.68. The molecule has 1 heterocycles. The molecular weight excluding hydrogens is 296 g/mol. The van der Waals surface area contributed by atoms with E-state index in [1.807, 2.05) is 31.3 Å². The molecule has 0 unspecified atom stereocenters. The Morgan fingerprint density at radius 3 is 2.70 bits per heavy atom. The summed E-state index contributed by atoms with van der Waals surface area (Å²) in [5, 5.41) is 21.2. The highest BCUT2D eigenvalue weighted by Gasteiger charge is 2.10. The Bertz CT molecular complexity index is 783. The minimum absolute atomic E-state index is 0.0260. The molecule has 6 heteroatoms. The van der Waals surface area contributed by atoms with Crippen LogP contribution in [0.25, 0.3) is 22.6 Å². The molecule has 0 aliphatic rings. The number of benzene rings is 2. The fourth-order valence-corrected chi connectivity index (χ4v) is 2.15. The molecule has 0 bridgehead atoms. The lowest BCUT2D eigenvalue weighted by Gasteiger charge is -2.09. The zero-order valence-electron chi connectivity index (χ0n) is 12.7. The highest BCUT2D eigenvalue weighted by Crippen LogP contribution is 2.27. The van der Waals surface area contributed by atoms with Crippen LogP contribution in [-0.2, 0) is 0 Å². The molecule has 6 nitrogen and oxygen atoms in total. The summed E-state index contributed by atoms with van der Waals surface area (Å²) in [6.07, 6.45) is -0.899. The van der Waals surface area contributed by atoms with Gasteiger partial charge < -0.3 is 24.7 Å². The Balaban J connectivity index is 1.83. The van der Waals surface area contributed by atoms with Gasteiger partial charge in [0, 0.05) is 24.4 Å². The summed E-state index contributed by atoms with van der Waals surface area (Å²) >= 11 is 0. The molecule has 0 aliphatic heterocycles. The van der Waals surface area contributed by atoms with E-state index in [4.69, 9.17) is 14.3 Å². The summed E-state index contributed by atoms with van der Waals surface area (Å²) in [5.41, 5.74) is 3.24. The van der Waals surface area contributed by atoms with Gasteiger partial charge in [-0.1, -0.05) is 0 Å². The number of hydrogen-bond acceptors (Lipinski definition) is 6. The summed E-state index contributed by atoms with van der Waals surface area (Å²) in [4.78, 5) is 4.47. The molecule has 0 fully saturated rings. The van der Waals surface area contributed by atoms with E-state index in [0.29, 0.717) is 22.7 Å². The summed E-state index contributed by atoms with van der Waals surface area (Å²) in [6.45, 7) is -0.308. The third-order valence-corrected chi connectivity index (χ3v) is 3.43. The molecular formula is C17H18N2O4. The minimum atomic E-state index is -0.899. The first-order chi connectivity index (χ1) is 11.2. The van der Waals surface area contributed by atoms with Crippen LogP contribution in [0.4, 0.5) is 5.69 Å². The van der Waals surface area contributed by atoms with Crippen LogP contribution < -0.4 is 10.1 Å². The molecule has 0 saturated carbocycles. The first kappa shape index (κ1) is 15.3. The SMILES string of the molecule is CNc1ccc(-c2nc3cc(OC[C@H](O)CO)ccc3o2)cc1. The minimum Gasteiger partial charge on any atom is -0.491 e. The molecule has 0 spiro atoms. The van der Waals surface area contributed by atoms with E-state index in [2.05, 4.69) is 10.3 Å². The summed E-state index contributed by atoms with van der Waals surface area (Å²) in [5.74, 6) is 1.10. The fourth-order valence-electron chi connectivity index (χ4n) is 2.15. The van der Waals surface area contributed by atoms with E-state index in [-0.39, 0.29) is 13.2 Å². The van der Waals surface area contributed by atoms with Gasteiger partial charge in [-0.2, -0.15) is 0 Å². The zero-order chi connectivity index (χ0) is 16.2. The number of rotatable bonds is 6. The predicted molar refractivity (Wildman–Crippen MR) is 87.6 cm³/mol. The Labute approximate surface area is 133 Å². The standard InChI is InChI=1S/C17H18N2O4/c1-18-12-4-2-11(3-5-12)17-19-15-8-14(6-7-16(15)23-17)22-10-13(21)9-20/h2-8,13,18,20-21H,9-10H2,1H3/t13-/m1/s1. The molecule has 0 saturated heterocycles. The molecule has 120 valence electrons. The number of oxazole rings is 1. The van der Waals surface area contributed by atoms with Crippen LogP contribution in [0, 0.1) is 0 Å². The van der Waals surface area contributed by atoms with Gasteiger partial charge in [-0.25, -0.2) is 4.98 Å². The summed E-state index contributed by atoms with van der Waals surface area (Å²) in [6, 6.07) is 13.0. The maximum atomic E-state index is 9.31. The van der Waals surface area contributed by atoms with E-state index < -0.39 is 6.10 Å². The molecule has 3 rings (SSSR count). The number of hydrogen-bond donors (Lipinski definition) is 3. The number of anilines is 1. The maximum Gasteiger partial charge on any atom is 0.227 e. The van der Waals surface area contributed by atoms with Crippen molar-refractivity contribution in [2.75, 3.05) is 25.6 Å². The Kier molecular flexibility index (Phi) is 4.45. The number of nitrogens with zero attached hydrogens (tertiary/aromatic N) is 1.